The fourth-order valence-corrected chi connectivity index (χ4v) is 3.74. The monoisotopic (exact) mass is 262 g/mol. The van der Waals surface area contributed by atoms with Crippen LogP contribution in [0.25, 0.3) is 0 Å². The maximum absolute atomic E-state index is 6.36. The fourth-order valence-electron chi connectivity index (χ4n) is 2.56. The van der Waals surface area contributed by atoms with Crippen molar-refractivity contribution in [2.75, 3.05) is 0 Å². The van der Waals surface area contributed by atoms with E-state index < -0.39 is 0 Å². The van der Waals surface area contributed by atoms with Gasteiger partial charge in [0.2, 0.25) is 0 Å². The van der Waals surface area contributed by atoms with Crippen LogP contribution >= 0.6 is 11.3 Å². The van der Waals surface area contributed by atoms with E-state index in [0.717, 1.165) is 29.1 Å². The van der Waals surface area contributed by atoms with Crippen molar-refractivity contribution in [3.05, 3.63) is 33.0 Å². The third-order valence-electron chi connectivity index (χ3n) is 3.49. The number of nitrogens with zero attached hydrogens (tertiary/aromatic N) is 3. The second kappa shape index (κ2) is 4.48. The quantitative estimate of drug-likeness (QED) is 0.920. The first-order chi connectivity index (χ1) is 8.69. The highest BCUT2D eigenvalue weighted by molar-refractivity contribution is 7.11. The minimum atomic E-state index is -0.121. The Balaban J connectivity index is 1.95. The van der Waals surface area contributed by atoms with Crippen molar-refractivity contribution in [1.82, 2.24) is 14.8 Å². The number of rotatable bonds is 3. The SMILES string of the molecule is CCc1nn(C)cc1C(N)c1nc2c(s1)CCC2. The van der Waals surface area contributed by atoms with Gasteiger partial charge in [-0.05, 0) is 25.7 Å². The molecule has 2 aromatic heterocycles. The molecule has 1 atom stereocenters. The summed E-state index contributed by atoms with van der Waals surface area (Å²) in [5, 5.41) is 5.50. The van der Waals surface area contributed by atoms with Crippen LogP contribution < -0.4 is 5.73 Å². The molecule has 2 aromatic rings. The van der Waals surface area contributed by atoms with Gasteiger partial charge in [0.25, 0.3) is 0 Å². The van der Waals surface area contributed by atoms with Gasteiger partial charge in [-0.2, -0.15) is 5.10 Å². The van der Waals surface area contributed by atoms with Crippen LogP contribution in [0.4, 0.5) is 0 Å². The zero-order valence-electron chi connectivity index (χ0n) is 10.8. The first-order valence-corrected chi connectivity index (χ1v) is 7.27. The third-order valence-corrected chi connectivity index (χ3v) is 4.73. The van der Waals surface area contributed by atoms with Gasteiger partial charge in [-0.1, -0.05) is 6.92 Å². The highest BCUT2D eigenvalue weighted by Crippen LogP contribution is 2.32. The second-order valence-corrected chi connectivity index (χ2v) is 5.93. The molecule has 0 aromatic carbocycles. The van der Waals surface area contributed by atoms with Crippen molar-refractivity contribution in [3.8, 4) is 0 Å². The van der Waals surface area contributed by atoms with Crippen LogP contribution in [0.1, 0.15) is 46.2 Å². The van der Waals surface area contributed by atoms with Crippen LogP contribution in [0.5, 0.6) is 0 Å². The summed E-state index contributed by atoms with van der Waals surface area (Å²) < 4.78 is 1.84. The van der Waals surface area contributed by atoms with Gasteiger partial charge in [0.05, 0.1) is 17.4 Å². The van der Waals surface area contributed by atoms with E-state index in [2.05, 4.69) is 12.0 Å². The molecule has 2 N–H and O–H groups in total. The number of hydrogen-bond donors (Lipinski definition) is 1. The van der Waals surface area contributed by atoms with Gasteiger partial charge in [-0.15, -0.1) is 11.3 Å². The maximum Gasteiger partial charge on any atom is 0.115 e. The molecule has 4 nitrogen and oxygen atoms in total. The van der Waals surface area contributed by atoms with Crippen molar-refractivity contribution < 1.29 is 0 Å². The Morgan fingerprint density at radius 1 is 1.50 bits per heavy atom. The summed E-state index contributed by atoms with van der Waals surface area (Å²) in [5.74, 6) is 0. The molecular weight excluding hydrogens is 244 g/mol. The number of hydrogen-bond acceptors (Lipinski definition) is 4. The molecule has 1 unspecified atom stereocenters. The molecule has 0 aliphatic heterocycles. The maximum atomic E-state index is 6.36. The lowest BCUT2D eigenvalue weighted by Crippen LogP contribution is -2.13. The predicted molar refractivity (Wildman–Crippen MR) is 72.8 cm³/mol. The van der Waals surface area contributed by atoms with Crippen LogP contribution in [0.2, 0.25) is 0 Å². The fraction of sp³-hybridized carbons (Fsp3) is 0.538. The van der Waals surface area contributed by atoms with E-state index in [4.69, 9.17) is 10.7 Å². The summed E-state index contributed by atoms with van der Waals surface area (Å²) in [6.45, 7) is 2.11. The van der Waals surface area contributed by atoms with Gasteiger partial charge in [0.1, 0.15) is 5.01 Å². The van der Waals surface area contributed by atoms with E-state index in [-0.39, 0.29) is 6.04 Å². The topological polar surface area (TPSA) is 56.7 Å². The van der Waals surface area contributed by atoms with Gasteiger partial charge in [-0.3, -0.25) is 4.68 Å². The van der Waals surface area contributed by atoms with Crippen LogP contribution in [0.3, 0.4) is 0 Å². The Kier molecular flexibility index (Phi) is 2.95. The normalized spacial score (nSPS) is 15.9. The molecule has 0 fully saturated rings. The molecule has 0 bridgehead atoms. The molecule has 1 aliphatic carbocycles. The van der Waals surface area contributed by atoms with E-state index in [1.54, 1.807) is 11.3 Å². The van der Waals surface area contributed by atoms with Gasteiger partial charge >= 0.3 is 0 Å². The average Bonchev–Trinajstić information content (AvgIpc) is 3.00. The molecule has 2 heterocycles. The summed E-state index contributed by atoms with van der Waals surface area (Å²) in [6, 6.07) is -0.121. The van der Waals surface area contributed by atoms with E-state index in [1.807, 2.05) is 17.9 Å². The molecule has 5 heteroatoms. The Morgan fingerprint density at radius 3 is 3.06 bits per heavy atom. The summed E-state index contributed by atoms with van der Waals surface area (Å²) in [4.78, 5) is 6.14. The summed E-state index contributed by atoms with van der Waals surface area (Å²) in [5.41, 5.74) is 9.83. The van der Waals surface area contributed by atoms with Crippen molar-refractivity contribution in [3.63, 3.8) is 0 Å². The van der Waals surface area contributed by atoms with Crippen LogP contribution in [0.15, 0.2) is 6.20 Å². The minimum Gasteiger partial charge on any atom is -0.318 e. The molecule has 96 valence electrons. The van der Waals surface area contributed by atoms with E-state index in [0.29, 0.717) is 0 Å². The molecule has 18 heavy (non-hydrogen) atoms. The molecule has 0 radical (unpaired) electrons. The lowest BCUT2D eigenvalue weighted by molar-refractivity contribution is 0.746. The molecule has 0 spiro atoms. The number of thiazole rings is 1. The second-order valence-electron chi connectivity index (χ2n) is 4.81. The standard InChI is InChI=1S/C13H18N4S/c1-3-9-8(7-17(2)16-9)12(14)13-15-10-5-4-6-11(10)18-13/h7,12H,3-6,14H2,1-2H3. The van der Waals surface area contributed by atoms with Crippen LogP contribution in [-0.4, -0.2) is 14.8 Å². The number of aryl methyl sites for hydroxylation is 4. The molecule has 0 saturated heterocycles. The van der Waals surface area contributed by atoms with Crippen LogP contribution in [0, 0.1) is 0 Å². The molecular formula is C13H18N4S. The Bertz CT molecular complexity index is 548. The van der Waals surface area contributed by atoms with Gasteiger partial charge in [0.15, 0.2) is 0 Å². The Labute approximate surface area is 111 Å². The molecule has 1 aliphatic rings. The first-order valence-electron chi connectivity index (χ1n) is 6.45. The average molecular weight is 262 g/mol. The van der Waals surface area contributed by atoms with E-state index in [1.165, 1.54) is 23.4 Å². The Hall–Kier alpha value is -1.20. The van der Waals surface area contributed by atoms with E-state index >= 15 is 0 Å². The predicted octanol–water partition coefficient (Wildman–Crippen LogP) is 1.98. The highest BCUT2D eigenvalue weighted by atomic mass is 32.1. The zero-order valence-corrected chi connectivity index (χ0v) is 11.6. The lowest BCUT2D eigenvalue weighted by atomic mass is 10.1. The number of fused-ring (bicyclic) bond motifs is 1. The zero-order chi connectivity index (χ0) is 12.7. The summed E-state index contributed by atoms with van der Waals surface area (Å²) in [7, 11) is 1.94. The highest BCUT2D eigenvalue weighted by Gasteiger charge is 2.23. The minimum absolute atomic E-state index is 0.121. The first kappa shape index (κ1) is 11.9. The van der Waals surface area contributed by atoms with Crippen molar-refractivity contribution in [2.45, 2.75) is 38.6 Å². The van der Waals surface area contributed by atoms with Crippen molar-refractivity contribution >= 4 is 11.3 Å². The van der Waals surface area contributed by atoms with Gasteiger partial charge in [-0.25, -0.2) is 4.98 Å². The van der Waals surface area contributed by atoms with Gasteiger partial charge < -0.3 is 5.73 Å². The molecule has 0 amide bonds. The number of nitrogens with two attached hydrogens (primary N) is 1. The van der Waals surface area contributed by atoms with Crippen LogP contribution in [-0.2, 0) is 26.3 Å². The van der Waals surface area contributed by atoms with Crippen molar-refractivity contribution in [2.24, 2.45) is 12.8 Å². The number of aromatic nitrogens is 3. The Morgan fingerprint density at radius 2 is 2.33 bits per heavy atom. The molecule has 3 rings (SSSR count). The van der Waals surface area contributed by atoms with E-state index in [9.17, 15) is 0 Å². The van der Waals surface area contributed by atoms with Crippen molar-refractivity contribution in [1.29, 1.82) is 0 Å². The summed E-state index contributed by atoms with van der Waals surface area (Å²) >= 11 is 1.78. The third kappa shape index (κ3) is 1.87. The smallest absolute Gasteiger partial charge is 0.115 e. The lowest BCUT2D eigenvalue weighted by Gasteiger charge is -2.07. The summed E-state index contributed by atoms with van der Waals surface area (Å²) in [6.07, 6.45) is 6.47. The van der Waals surface area contributed by atoms with Gasteiger partial charge in [0, 0.05) is 23.7 Å². The molecule has 0 saturated carbocycles. The largest absolute Gasteiger partial charge is 0.318 e.